The fourth-order valence-electron chi connectivity index (χ4n) is 3.42. The third-order valence-electron chi connectivity index (χ3n) is 4.72. The van der Waals surface area contributed by atoms with Gasteiger partial charge in [0.15, 0.2) is 0 Å². The van der Waals surface area contributed by atoms with Gasteiger partial charge in [-0.1, -0.05) is 36.4 Å². The standard InChI is InChI=1S/C23H28N2O3/c1-3-28-22-11-7-5-9-20(22)17-25(16-18(2)26)23(27)13-15-24-14-12-19-8-4-6-10-21(19)24/h4-12,14,18,26H,3,13,15-17H2,1-2H3/t18-/m0/s1. The van der Waals surface area contributed by atoms with Gasteiger partial charge in [0, 0.05) is 43.3 Å². The number of carbonyl (C=O) groups is 1. The van der Waals surface area contributed by atoms with Gasteiger partial charge in [0.25, 0.3) is 0 Å². The van der Waals surface area contributed by atoms with Gasteiger partial charge in [0.2, 0.25) is 5.91 Å². The number of rotatable bonds is 9. The molecule has 0 saturated heterocycles. The molecule has 1 heterocycles. The number of hydrogen-bond donors (Lipinski definition) is 1. The lowest BCUT2D eigenvalue weighted by atomic mass is 10.1. The Morgan fingerprint density at radius 2 is 1.89 bits per heavy atom. The second kappa shape index (κ2) is 9.42. The Morgan fingerprint density at radius 3 is 2.68 bits per heavy atom. The van der Waals surface area contributed by atoms with Gasteiger partial charge in [-0.2, -0.15) is 0 Å². The first-order valence-corrected chi connectivity index (χ1v) is 9.79. The van der Waals surface area contributed by atoms with Crippen LogP contribution < -0.4 is 4.74 Å². The van der Waals surface area contributed by atoms with Crippen LogP contribution in [0, 0.1) is 0 Å². The minimum atomic E-state index is -0.587. The molecule has 3 rings (SSSR count). The maximum atomic E-state index is 12.9. The molecule has 0 fully saturated rings. The van der Waals surface area contributed by atoms with Crippen molar-refractivity contribution in [3.8, 4) is 5.75 Å². The number of nitrogens with zero attached hydrogens (tertiary/aromatic N) is 2. The van der Waals surface area contributed by atoms with Crippen LogP contribution in [0.25, 0.3) is 10.9 Å². The molecule has 5 nitrogen and oxygen atoms in total. The van der Waals surface area contributed by atoms with Crippen LogP contribution >= 0.6 is 0 Å². The van der Waals surface area contributed by atoms with Crippen LogP contribution in [0.2, 0.25) is 0 Å². The molecule has 0 saturated carbocycles. The van der Waals surface area contributed by atoms with Gasteiger partial charge in [0.1, 0.15) is 5.75 Å². The Morgan fingerprint density at radius 1 is 1.14 bits per heavy atom. The van der Waals surface area contributed by atoms with Gasteiger partial charge in [-0.25, -0.2) is 0 Å². The number of para-hydroxylation sites is 2. The van der Waals surface area contributed by atoms with Gasteiger partial charge in [-0.15, -0.1) is 0 Å². The lowest BCUT2D eigenvalue weighted by Crippen LogP contribution is -2.36. The van der Waals surface area contributed by atoms with Crippen LogP contribution in [0.3, 0.4) is 0 Å². The van der Waals surface area contributed by atoms with E-state index in [0.29, 0.717) is 32.7 Å². The monoisotopic (exact) mass is 380 g/mol. The first-order chi connectivity index (χ1) is 13.6. The van der Waals surface area contributed by atoms with Crippen molar-refractivity contribution in [1.29, 1.82) is 0 Å². The molecule has 0 bridgehead atoms. The number of benzene rings is 2. The van der Waals surface area contributed by atoms with Crippen molar-refractivity contribution in [2.45, 2.75) is 39.5 Å². The van der Waals surface area contributed by atoms with E-state index in [1.165, 1.54) is 5.39 Å². The third kappa shape index (κ3) is 4.93. The van der Waals surface area contributed by atoms with E-state index in [1.54, 1.807) is 11.8 Å². The van der Waals surface area contributed by atoms with Crippen molar-refractivity contribution in [3.05, 3.63) is 66.4 Å². The van der Waals surface area contributed by atoms with E-state index in [9.17, 15) is 9.90 Å². The lowest BCUT2D eigenvalue weighted by molar-refractivity contribution is -0.133. The molecule has 148 valence electrons. The molecule has 5 heteroatoms. The second-order valence-corrected chi connectivity index (χ2v) is 6.98. The minimum absolute atomic E-state index is 0.0185. The zero-order valence-electron chi connectivity index (χ0n) is 16.5. The molecule has 28 heavy (non-hydrogen) atoms. The first kappa shape index (κ1) is 20.0. The average molecular weight is 380 g/mol. The van der Waals surface area contributed by atoms with E-state index in [4.69, 9.17) is 4.74 Å². The summed E-state index contributed by atoms with van der Waals surface area (Å²) in [5.74, 6) is 0.801. The van der Waals surface area contributed by atoms with Crippen molar-refractivity contribution in [1.82, 2.24) is 9.47 Å². The highest BCUT2D eigenvalue weighted by Gasteiger charge is 2.18. The van der Waals surface area contributed by atoms with Crippen LogP contribution in [0.15, 0.2) is 60.8 Å². The highest BCUT2D eigenvalue weighted by molar-refractivity contribution is 5.80. The van der Waals surface area contributed by atoms with Crippen molar-refractivity contribution in [2.75, 3.05) is 13.2 Å². The SMILES string of the molecule is CCOc1ccccc1CN(C[C@H](C)O)C(=O)CCn1ccc2ccccc21. The summed E-state index contributed by atoms with van der Waals surface area (Å²) in [5.41, 5.74) is 2.07. The molecule has 0 aliphatic heterocycles. The Labute approximate surface area is 166 Å². The summed E-state index contributed by atoms with van der Waals surface area (Å²) in [5, 5.41) is 11.1. The van der Waals surface area contributed by atoms with E-state index < -0.39 is 6.10 Å². The molecule has 1 amide bonds. The maximum Gasteiger partial charge on any atom is 0.224 e. The Balaban J connectivity index is 1.71. The maximum absolute atomic E-state index is 12.9. The molecule has 0 spiro atoms. The van der Waals surface area contributed by atoms with Gasteiger partial charge in [0.05, 0.1) is 12.7 Å². The number of carbonyl (C=O) groups excluding carboxylic acids is 1. The molecule has 1 aromatic heterocycles. The fourth-order valence-corrected chi connectivity index (χ4v) is 3.42. The summed E-state index contributed by atoms with van der Waals surface area (Å²) in [4.78, 5) is 14.7. The topological polar surface area (TPSA) is 54.7 Å². The molecule has 2 aromatic carbocycles. The van der Waals surface area contributed by atoms with Crippen LogP contribution in [0.5, 0.6) is 5.75 Å². The molecule has 0 unspecified atom stereocenters. The smallest absolute Gasteiger partial charge is 0.224 e. The largest absolute Gasteiger partial charge is 0.494 e. The number of aryl methyl sites for hydroxylation is 1. The lowest BCUT2D eigenvalue weighted by Gasteiger charge is -2.25. The van der Waals surface area contributed by atoms with Crippen LogP contribution in [0.4, 0.5) is 0 Å². The fraction of sp³-hybridized carbons (Fsp3) is 0.348. The summed E-state index contributed by atoms with van der Waals surface area (Å²) in [6.45, 7) is 5.54. The van der Waals surface area contributed by atoms with Crippen molar-refractivity contribution in [2.24, 2.45) is 0 Å². The number of hydrogen-bond acceptors (Lipinski definition) is 3. The summed E-state index contributed by atoms with van der Waals surface area (Å²) >= 11 is 0. The zero-order chi connectivity index (χ0) is 19.9. The summed E-state index contributed by atoms with van der Waals surface area (Å²) in [6, 6.07) is 17.9. The minimum Gasteiger partial charge on any atom is -0.494 e. The first-order valence-electron chi connectivity index (χ1n) is 9.79. The van der Waals surface area contributed by atoms with E-state index in [1.807, 2.05) is 49.5 Å². The number of fused-ring (bicyclic) bond motifs is 1. The molecule has 1 atom stereocenters. The number of aliphatic hydroxyl groups excluding tert-OH is 1. The zero-order valence-corrected chi connectivity index (χ0v) is 16.5. The quantitative estimate of drug-likeness (QED) is 0.614. The molecule has 0 aliphatic rings. The Kier molecular flexibility index (Phi) is 6.71. The van der Waals surface area contributed by atoms with Gasteiger partial charge >= 0.3 is 0 Å². The van der Waals surface area contributed by atoms with Crippen LogP contribution in [-0.2, 0) is 17.9 Å². The van der Waals surface area contributed by atoms with Gasteiger partial charge in [-0.3, -0.25) is 4.79 Å². The highest BCUT2D eigenvalue weighted by Crippen LogP contribution is 2.21. The van der Waals surface area contributed by atoms with Gasteiger partial charge < -0.3 is 19.3 Å². The Hall–Kier alpha value is -2.79. The predicted molar refractivity (Wildman–Crippen MR) is 111 cm³/mol. The molecule has 0 radical (unpaired) electrons. The molecule has 1 N–H and O–H groups in total. The van der Waals surface area contributed by atoms with Crippen molar-refractivity contribution < 1.29 is 14.6 Å². The number of ether oxygens (including phenoxy) is 1. The predicted octanol–water partition coefficient (Wildman–Crippen LogP) is 3.84. The molecule has 0 aliphatic carbocycles. The summed E-state index contributed by atoms with van der Waals surface area (Å²) < 4.78 is 7.78. The number of amides is 1. The van der Waals surface area contributed by atoms with Crippen LogP contribution in [-0.4, -0.2) is 39.7 Å². The van der Waals surface area contributed by atoms with E-state index in [2.05, 4.69) is 22.8 Å². The van der Waals surface area contributed by atoms with Crippen molar-refractivity contribution >= 4 is 16.8 Å². The van der Waals surface area contributed by atoms with E-state index in [-0.39, 0.29) is 5.91 Å². The number of aromatic nitrogens is 1. The normalized spacial score (nSPS) is 12.1. The number of aliphatic hydroxyl groups is 1. The molecule has 3 aromatic rings. The highest BCUT2D eigenvalue weighted by atomic mass is 16.5. The van der Waals surface area contributed by atoms with E-state index >= 15 is 0 Å². The average Bonchev–Trinajstić information content (AvgIpc) is 3.10. The van der Waals surface area contributed by atoms with Gasteiger partial charge in [-0.05, 0) is 37.4 Å². The Bertz CT molecular complexity index is 917. The van der Waals surface area contributed by atoms with E-state index in [0.717, 1.165) is 16.8 Å². The molecular weight excluding hydrogens is 352 g/mol. The molecular formula is C23H28N2O3. The third-order valence-corrected chi connectivity index (χ3v) is 4.72. The summed E-state index contributed by atoms with van der Waals surface area (Å²) in [7, 11) is 0. The summed E-state index contributed by atoms with van der Waals surface area (Å²) in [6.07, 6.45) is 1.81. The van der Waals surface area contributed by atoms with Crippen LogP contribution in [0.1, 0.15) is 25.8 Å². The van der Waals surface area contributed by atoms with Crippen molar-refractivity contribution in [3.63, 3.8) is 0 Å². The second-order valence-electron chi connectivity index (χ2n) is 6.98.